The number of rotatable bonds is 5. The zero-order valence-electron chi connectivity index (χ0n) is 14.7. The first-order valence-electron chi connectivity index (χ1n) is 8.82. The SMILES string of the molecule is CCc1nnc2n1C[C@H](NCc1cn(C)nc1-c1cccnc1)CC2. The Morgan fingerprint density at radius 3 is 3.04 bits per heavy atom. The fraction of sp³-hybridized carbons (Fsp3) is 0.444. The van der Waals surface area contributed by atoms with Crippen LogP contribution in [0.5, 0.6) is 0 Å². The van der Waals surface area contributed by atoms with Crippen LogP contribution in [0, 0.1) is 0 Å². The van der Waals surface area contributed by atoms with Crippen molar-refractivity contribution in [2.24, 2.45) is 7.05 Å². The molecule has 0 fully saturated rings. The summed E-state index contributed by atoms with van der Waals surface area (Å²) in [5.41, 5.74) is 3.25. The van der Waals surface area contributed by atoms with Crippen LogP contribution in [0.15, 0.2) is 30.7 Å². The quantitative estimate of drug-likeness (QED) is 0.768. The Kier molecular flexibility index (Phi) is 4.31. The van der Waals surface area contributed by atoms with Gasteiger partial charge in [0.25, 0.3) is 0 Å². The molecule has 1 aliphatic heterocycles. The van der Waals surface area contributed by atoms with Crippen LogP contribution in [-0.2, 0) is 33.0 Å². The number of nitrogens with zero attached hydrogens (tertiary/aromatic N) is 6. The van der Waals surface area contributed by atoms with E-state index in [0.717, 1.165) is 55.3 Å². The van der Waals surface area contributed by atoms with Crippen LogP contribution < -0.4 is 5.32 Å². The zero-order chi connectivity index (χ0) is 17.2. The van der Waals surface area contributed by atoms with Crippen molar-refractivity contribution in [3.63, 3.8) is 0 Å². The van der Waals surface area contributed by atoms with Gasteiger partial charge in [0.2, 0.25) is 0 Å². The maximum Gasteiger partial charge on any atom is 0.133 e. The van der Waals surface area contributed by atoms with Gasteiger partial charge in [0.15, 0.2) is 0 Å². The lowest BCUT2D eigenvalue weighted by atomic mass is 10.1. The topological polar surface area (TPSA) is 73.5 Å². The van der Waals surface area contributed by atoms with Crippen LogP contribution in [0.3, 0.4) is 0 Å². The van der Waals surface area contributed by atoms with Gasteiger partial charge in [-0.1, -0.05) is 6.92 Å². The second-order valence-electron chi connectivity index (χ2n) is 6.53. The largest absolute Gasteiger partial charge is 0.313 e. The number of nitrogens with one attached hydrogen (secondary N) is 1. The van der Waals surface area contributed by atoms with E-state index in [0.29, 0.717) is 6.04 Å². The van der Waals surface area contributed by atoms with E-state index in [1.807, 2.05) is 24.0 Å². The van der Waals surface area contributed by atoms with Crippen LogP contribution in [0.25, 0.3) is 11.3 Å². The molecule has 4 rings (SSSR count). The first kappa shape index (κ1) is 16.0. The van der Waals surface area contributed by atoms with E-state index in [-0.39, 0.29) is 0 Å². The Labute approximate surface area is 147 Å². The van der Waals surface area contributed by atoms with Gasteiger partial charge in [-0.3, -0.25) is 9.67 Å². The van der Waals surface area contributed by atoms with Crippen molar-refractivity contribution >= 4 is 0 Å². The molecule has 1 aliphatic rings. The fourth-order valence-corrected chi connectivity index (χ4v) is 3.48. The summed E-state index contributed by atoms with van der Waals surface area (Å²) in [5.74, 6) is 2.20. The highest BCUT2D eigenvalue weighted by molar-refractivity contribution is 5.61. The predicted molar refractivity (Wildman–Crippen MR) is 94.8 cm³/mol. The summed E-state index contributed by atoms with van der Waals surface area (Å²) >= 11 is 0. The van der Waals surface area contributed by atoms with Crippen LogP contribution in [0.1, 0.15) is 30.6 Å². The molecule has 0 saturated carbocycles. The maximum absolute atomic E-state index is 4.61. The molecule has 1 N–H and O–H groups in total. The van der Waals surface area contributed by atoms with Crippen LogP contribution in [-0.4, -0.2) is 35.6 Å². The molecule has 0 unspecified atom stereocenters. The maximum atomic E-state index is 4.61. The van der Waals surface area contributed by atoms with Gasteiger partial charge in [0, 0.05) is 68.7 Å². The highest BCUT2D eigenvalue weighted by atomic mass is 15.3. The monoisotopic (exact) mass is 337 g/mol. The summed E-state index contributed by atoms with van der Waals surface area (Å²) in [6.07, 6.45) is 8.72. The minimum atomic E-state index is 0.427. The minimum absolute atomic E-state index is 0.427. The molecular weight excluding hydrogens is 314 g/mol. The van der Waals surface area contributed by atoms with Crippen molar-refractivity contribution in [2.75, 3.05) is 0 Å². The highest BCUT2D eigenvalue weighted by Gasteiger charge is 2.22. The van der Waals surface area contributed by atoms with Gasteiger partial charge in [-0.15, -0.1) is 10.2 Å². The minimum Gasteiger partial charge on any atom is -0.313 e. The Bertz CT molecular complexity index is 836. The summed E-state index contributed by atoms with van der Waals surface area (Å²) < 4.78 is 4.14. The molecule has 7 heteroatoms. The van der Waals surface area contributed by atoms with Crippen molar-refractivity contribution in [1.82, 2.24) is 34.8 Å². The molecule has 0 radical (unpaired) electrons. The molecule has 3 aromatic rings. The molecule has 0 amide bonds. The number of fused-ring (bicyclic) bond motifs is 1. The molecule has 0 saturated heterocycles. The van der Waals surface area contributed by atoms with E-state index in [1.165, 1.54) is 5.56 Å². The first-order chi connectivity index (χ1) is 12.2. The summed E-state index contributed by atoms with van der Waals surface area (Å²) in [6.45, 7) is 3.86. The van der Waals surface area contributed by atoms with E-state index in [9.17, 15) is 0 Å². The van der Waals surface area contributed by atoms with E-state index in [1.54, 1.807) is 6.20 Å². The van der Waals surface area contributed by atoms with E-state index < -0.39 is 0 Å². The highest BCUT2D eigenvalue weighted by Crippen LogP contribution is 2.22. The molecule has 3 aromatic heterocycles. The third kappa shape index (κ3) is 3.19. The molecule has 4 heterocycles. The Morgan fingerprint density at radius 2 is 2.24 bits per heavy atom. The Hall–Kier alpha value is -2.54. The number of pyridine rings is 1. The predicted octanol–water partition coefficient (Wildman–Crippen LogP) is 1.74. The summed E-state index contributed by atoms with van der Waals surface area (Å²) in [6, 6.07) is 4.43. The van der Waals surface area contributed by atoms with Gasteiger partial charge < -0.3 is 9.88 Å². The van der Waals surface area contributed by atoms with Gasteiger partial charge >= 0.3 is 0 Å². The molecule has 0 aromatic carbocycles. The summed E-state index contributed by atoms with van der Waals surface area (Å²) in [4.78, 5) is 4.21. The Morgan fingerprint density at radius 1 is 1.32 bits per heavy atom. The molecule has 0 bridgehead atoms. The average Bonchev–Trinajstić information content (AvgIpc) is 3.23. The van der Waals surface area contributed by atoms with Crippen LogP contribution in [0.4, 0.5) is 0 Å². The lowest BCUT2D eigenvalue weighted by molar-refractivity contribution is 0.373. The van der Waals surface area contributed by atoms with Gasteiger partial charge in [-0.25, -0.2) is 0 Å². The lowest BCUT2D eigenvalue weighted by Gasteiger charge is -2.25. The number of aromatic nitrogens is 6. The average molecular weight is 337 g/mol. The molecule has 7 nitrogen and oxygen atoms in total. The van der Waals surface area contributed by atoms with Gasteiger partial charge in [0.1, 0.15) is 11.6 Å². The fourth-order valence-electron chi connectivity index (χ4n) is 3.48. The van der Waals surface area contributed by atoms with Crippen molar-refractivity contribution in [3.8, 4) is 11.3 Å². The van der Waals surface area contributed by atoms with Crippen LogP contribution in [0.2, 0.25) is 0 Å². The zero-order valence-corrected chi connectivity index (χ0v) is 14.7. The van der Waals surface area contributed by atoms with Crippen molar-refractivity contribution in [2.45, 2.75) is 45.3 Å². The molecular formula is C18H23N7. The normalized spacial score (nSPS) is 16.8. The van der Waals surface area contributed by atoms with Gasteiger partial charge in [-0.05, 0) is 18.6 Å². The molecule has 25 heavy (non-hydrogen) atoms. The smallest absolute Gasteiger partial charge is 0.133 e. The third-order valence-corrected chi connectivity index (χ3v) is 4.76. The second-order valence-corrected chi connectivity index (χ2v) is 6.53. The van der Waals surface area contributed by atoms with E-state index in [4.69, 9.17) is 0 Å². The van der Waals surface area contributed by atoms with Gasteiger partial charge in [0.05, 0.1) is 5.69 Å². The third-order valence-electron chi connectivity index (χ3n) is 4.76. The number of aryl methyl sites for hydroxylation is 3. The molecule has 130 valence electrons. The Balaban J connectivity index is 1.48. The first-order valence-corrected chi connectivity index (χ1v) is 8.82. The number of hydrogen-bond donors (Lipinski definition) is 1. The van der Waals surface area contributed by atoms with Crippen LogP contribution >= 0.6 is 0 Å². The van der Waals surface area contributed by atoms with E-state index in [2.05, 4.69) is 49.4 Å². The van der Waals surface area contributed by atoms with E-state index >= 15 is 0 Å². The molecule has 0 aliphatic carbocycles. The van der Waals surface area contributed by atoms with Crippen molar-refractivity contribution < 1.29 is 0 Å². The van der Waals surface area contributed by atoms with Crippen molar-refractivity contribution in [1.29, 1.82) is 0 Å². The second kappa shape index (κ2) is 6.76. The van der Waals surface area contributed by atoms with Gasteiger partial charge in [-0.2, -0.15) is 5.10 Å². The summed E-state index contributed by atoms with van der Waals surface area (Å²) in [5, 5.41) is 16.9. The van der Waals surface area contributed by atoms with Crippen molar-refractivity contribution in [3.05, 3.63) is 47.9 Å². The summed E-state index contributed by atoms with van der Waals surface area (Å²) in [7, 11) is 1.96. The number of hydrogen-bond acceptors (Lipinski definition) is 5. The molecule has 0 spiro atoms. The lowest BCUT2D eigenvalue weighted by Crippen LogP contribution is -2.37. The molecule has 1 atom stereocenters. The standard InChI is InChI=1S/C18H23N7/c1-3-16-21-22-17-7-6-15(12-25(16)17)20-10-14-11-24(2)23-18(14)13-5-4-8-19-9-13/h4-5,8-9,11,15,20H,3,6-7,10,12H2,1-2H3/t15-/m1/s1.